The van der Waals surface area contributed by atoms with Crippen LogP contribution in [0.15, 0.2) is 42.5 Å². The van der Waals surface area contributed by atoms with Gasteiger partial charge < -0.3 is 10.2 Å². The lowest BCUT2D eigenvalue weighted by Gasteiger charge is -2.36. The van der Waals surface area contributed by atoms with Crippen LogP contribution in [0.25, 0.3) is 0 Å². The number of carbonyl (C=O) groups is 1. The largest absolute Gasteiger partial charge is 0.375 e. The van der Waals surface area contributed by atoms with Gasteiger partial charge in [-0.25, -0.2) is 8.78 Å². The van der Waals surface area contributed by atoms with Gasteiger partial charge in [-0.3, -0.25) is 9.69 Å². The monoisotopic (exact) mass is 371 g/mol. The van der Waals surface area contributed by atoms with E-state index in [0.717, 1.165) is 31.3 Å². The van der Waals surface area contributed by atoms with Gasteiger partial charge in [-0.2, -0.15) is 0 Å². The minimum Gasteiger partial charge on any atom is -0.375 e. The number of rotatable bonds is 5. The highest BCUT2D eigenvalue weighted by Gasteiger charge is 2.27. The van der Waals surface area contributed by atoms with Crippen LogP contribution in [0.3, 0.4) is 0 Å². The van der Waals surface area contributed by atoms with Crippen molar-refractivity contribution in [2.45, 2.75) is 18.9 Å². The van der Waals surface area contributed by atoms with Crippen LogP contribution in [0, 0.1) is 11.6 Å². The summed E-state index contributed by atoms with van der Waals surface area (Å²) in [6.07, 6.45) is 1.27. The Kier molecular flexibility index (Phi) is 5.07. The Labute approximate surface area is 157 Å². The lowest BCUT2D eigenvalue weighted by atomic mass is 10.0. The van der Waals surface area contributed by atoms with Crippen molar-refractivity contribution in [3.63, 3.8) is 0 Å². The molecule has 1 atom stereocenters. The van der Waals surface area contributed by atoms with Crippen molar-refractivity contribution < 1.29 is 13.6 Å². The number of anilines is 2. The van der Waals surface area contributed by atoms with E-state index in [0.29, 0.717) is 31.7 Å². The van der Waals surface area contributed by atoms with Crippen molar-refractivity contribution in [1.82, 2.24) is 4.90 Å². The molecular formula is C21H23F2N3O. The molecule has 6 heteroatoms. The number of hydrogen-bond acceptors (Lipinski definition) is 4. The normalized spacial score (nSPS) is 19.6. The molecule has 0 aromatic heterocycles. The summed E-state index contributed by atoms with van der Waals surface area (Å²) in [6.45, 7) is 3.59. The zero-order valence-corrected chi connectivity index (χ0v) is 15.1. The van der Waals surface area contributed by atoms with Gasteiger partial charge in [0.15, 0.2) is 5.78 Å². The molecule has 0 radical (unpaired) electrons. The third-order valence-corrected chi connectivity index (χ3v) is 5.46. The fourth-order valence-corrected chi connectivity index (χ4v) is 3.88. The van der Waals surface area contributed by atoms with Crippen LogP contribution in [0.2, 0.25) is 0 Å². The van der Waals surface area contributed by atoms with Crippen LogP contribution in [0.1, 0.15) is 12.0 Å². The first-order chi connectivity index (χ1) is 13.1. The first kappa shape index (κ1) is 17.9. The SMILES string of the molecule is O=C(CCN1CCN(c2ccc(F)cc2F)CC1)C1Cc2ccccc2N1. The Morgan fingerprint density at radius 2 is 1.85 bits per heavy atom. The molecule has 2 aliphatic heterocycles. The number of para-hydroxylation sites is 1. The average molecular weight is 371 g/mol. The fourth-order valence-electron chi connectivity index (χ4n) is 3.88. The van der Waals surface area contributed by atoms with Gasteiger partial charge >= 0.3 is 0 Å². The first-order valence-corrected chi connectivity index (χ1v) is 9.39. The van der Waals surface area contributed by atoms with Crippen molar-refractivity contribution in [2.24, 2.45) is 0 Å². The minimum absolute atomic E-state index is 0.128. The lowest BCUT2D eigenvalue weighted by Crippen LogP contribution is -2.47. The number of nitrogens with zero attached hydrogens (tertiary/aromatic N) is 2. The van der Waals surface area contributed by atoms with Crippen molar-refractivity contribution in [1.29, 1.82) is 0 Å². The number of halogens is 2. The minimum atomic E-state index is -0.559. The second kappa shape index (κ2) is 7.64. The summed E-state index contributed by atoms with van der Waals surface area (Å²) < 4.78 is 27.0. The molecule has 0 spiro atoms. The molecule has 2 aromatic carbocycles. The maximum absolute atomic E-state index is 13.9. The van der Waals surface area contributed by atoms with Crippen molar-refractivity contribution in [3.8, 4) is 0 Å². The van der Waals surface area contributed by atoms with E-state index in [1.807, 2.05) is 23.1 Å². The second-order valence-corrected chi connectivity index (χ2v) is 7.20. The van der Waals surface area contributed by atoms with Crippen LogP contribution in [-0.2, 0) is 11.2 Å². The summed E-state index contributed by atoms with van der Waals surface area (Å²) >= 11 is 0. The van der Waals surface area contributed by atoms with Crippen LogP contribution < -0.4 is 10.2 Å². The number of benzene rings is 2. The zero-order valence-electron chi connectivity index (χ0n) is 15.1. The third kappa shape index (κ3) is 3.95. The van der Waals surface area contributed by atoms with E-state index in [1.54, 1.807) is 0 Å². The summed E-state index contributed by atoms with van der Waals surface area (Å²) in [5.41, 5.74) is 2.71. The lowest BCUT2D eigenvalue weighted by molar-refractivity contribution is -0.120. The van der Waals surface area contributed by atoms with Crippen molar-refractivity contribution >= 4 is 17.2 Å². The van der Waals surface area contributed by atoms with Crippen LogP contribution >= 0.6 is 0 Å². The van der Waals surface area contributed by atoms with Crippen LogP contribution in [-0.4, -0.2) is 49.4 Å². The topological polar surface area (TPSA) is 35.6 Å². The van der Waals surface area contributed by atoms with Crippen LogP contribution in [0.5, 0.6) is 0 Å². The Morgan fingerprint density at radius 1 is 1.07 bits per heavy atom. The van der Waals surface area contributed by atoms with E-state index in [-0.39, 0.29) is 11.8 Å². The molecule has 0 bridgehead atoms. The predicted octanol–water partition coefficient (Wildman–Crippen LogP) is 3.08. The van der Waals surface area contributed by atoms with Gasteiger partial charge in [-0.05, 0) is 23.8 Å². The summed E-state index contributed by atoms with van der Waals surface area (Å²) in [5, 5.41) is 3.31. The molecule has 2 aromatic rings. The van der Waals surface area contributed by atoms with Gasteiger partial charge in [0.05, 0.1) is 11.7 Å². The van der Waals surface area contributed by atoms with E-state index in [1.165, 1.54) is 17.7 Å². The van der Waals surface area contributed by atoms with E-state index in [4.69, 9.17) is 0 Å². The number of nitrogens with one attached hydrogen (secondary N) is 1. The summed E-state index contributed by atoms with van der Waals surface area (Å²) in [6, 6.07) is 11.6. The Bertz CT molecular complexity index is 809. The molecule has 0 saturated carbocycles. The van der Waals surface area contributed by atoms with Gasteiger partial charge in [0.1, 0.15) is 11.6 Å². The van der Waals surface area contributed by atoms with Gasteiger partial charge in [0.2, 0.25) is 0 Å². The third-order valence-electron chi connectivity index (χ3n) is 5.46. The standard InChI is InChI=1S/C21H23F2N3O/c22-16-5-6-20(17(23)14-16)26-11-9-25(10-12-26)8-7-21(27)19-13-15-3-1-2-4-18(15)24-19/h1-6,14,19,24H,7-13H2. The maximum Gasteiger partial charge on any atom is 0.156 e. The number of fused-ring (bicyclic) bond motifs is 1. The van der Waals surface area contributed by atoms with E-state index in [9.17, 15) is 13.6 Å². The molecule has 4 nitrogen and oxygen atoms in total. The average Bonchev–Trinajstić information content (AvgIpc) is 3.11. The molecule has 0 aliphatic carbocycles. The van der Waals surface area contributed by atoms with E-state index >= 15 is 0 Å². The van der Waals surface area contributed by atoms with E-state index in [2.05, 4.69) is 16.3 Å². The Morgan fingerprint density at radius 3 is 2.59 bits per heavy atom. The number of piperazine rings is 1. The zero-order chi connectivity index (χ0) is 18.8. The molecule has 1 N–H and O–H groups in total. The maximum atomic E-state index is 13.9. The smallest absolute Gasteiger partial charge is 0.156 e. The second-order valence-electron chi connectivity index (χ2n) is 7.20. The van der Waals surface area contributed by atoms with Gasteiger partial charge in [0, 0.05) is 57.3 Å². The number of ketones is 1. The number of carbonyl (C=O) groups excluding carboxylic acids is 1. The van der Waals surface area contributed by atoms with Gasteiger partial charge in [-0.1, -0.05) is 18.2 Å². The summed E-state index contributed by atoms with van der Waals surface area (Å²) in [4.78, 5) is 16.7. The van der Waals surface area contributed by atoms with Crippen LogP contribution in [0.4, 0.5) is 20.2 Å². The summed E-state index contributed by atoms with van der Waals surface area (Å²) in [5.74, 6) is -0.847. The quantitative estimate of drug-likeness (QED) is 0.876. The molecule has 1 unspecified atom stereocenters. The highest BCUT2D eigenvalue weighted by Crippen LogP contribution is 2.26. The molecule has 142 valence electrons. The summed E-state index contributed by atoms with van der Waals surface area (Å²) in [7, 11) is 0. The van der Waals surface area contributed by atoms with Crippen molar-refractivity contribution in [2.75, 3.05) is 42.9 Å². The molecule has 0 amide bonds. The van der Waals surface area contributed by atoms with Gasteiger partial charge in [0.25, 0.3) is 0 Å². The Hall–Kier alpha value is -2.47. The number of hydrogen-bond donors (Lipinski definition) is 1. The molecule has 2 aliphatic rings. The fraction of sp³-hybridized carbons (Fsp3) is 0.381. The van der Waals surface area contributed by atoms with Gasteiger partial charge in [-0.15, -0.1) is 0 Å². The highest BCUT2D eigenvalue weighted by atomic mass is 19.1. The van der Waals surface area contributed by atoms with E-state index < -0.39 is 11.6 Å². The molecule has 1 fully saturated rings. The first-order valence-electron chi connectivity index (χ1n) is 9.39. The Balaban J connectivity index is 1.25. The number of Topliss-reactive ketones (excluding diaryl/α,β-unsaturated/α-hetero) is 1. The molecular weight excluding hydrogens is 348 g/mol. The molecule has 27 heavy (non-hydrogen) atoms. The molecule has 2 heterocycles. The van der Waals surface area contributed by atoms with Crippen molar-refractivity contribution in [3.05, 3.63) is 59.7 Å². The molecule has 4 rings (SSSR count). The highest BCUT2D eigenvalue weighted by molar-refractivity contribution is 5.89. The predicted molar refractivity (Wildman–Crippen MR) is 102 cm³/mol. The molecule has 1 saturated heterocycles.